The molecule has 9 nitrogen and oxygen atoms in total. The summed E-state index contributed by atoms with van der Waals surface area (Å²) in [4.78, 5) is 36.3. The molecule has 0 aromatic heterocycles. The molecule has 10 heteroatoms. The Morgan fingerprint density at radius 2 is 1.62 bits per heavy atom. The zero-order chi connectivity index (χ0) is 24.7. The highest BCUT2D eigenvalue weighted by Gasteiger charge is 2.19. The maximum absolute atomic E-state index is 12.7. The third-order valence-electron chi connectivity index (χ3n) is 4.59. The quantitative estimate of drug-likeness (QED) is 0.471. The number of rotatable bonds is 8. The highest BCUT2D eigenvalue weighted by atomic mass is 32.2. The van der Waals surface area contributed by atoms with Gasteiger partial charge in [0.05, 0.1) is 28.8 Å². The summed E-state index contributed by atoms with van der Waals surface area (Å²) in [5.41, 5.74) is 1.56. The molecule has 0 fully saturated rings. The lowest BCUT2D eigenvalue weighted by Gasteiger charge is -2.11. The molecule has 2 N–H and O–H groups in total. The number of nitrogens with one attached hydrogen (secondary N) is 2. The second-order valence-electron chi connectivity index (χ2n) is 7.16. The van der Waals surface area contributed by atoms with E-state index in [0.29, 0.717) is 5.69 Å². The molecule has 3 aromatic carbocycles. The van der Waals surface area contributed by atoms with E-state index in [2.05, 4.69) is 14.8 Å². The van der Waals surface area contributed by atoms with Gasteiger partial charge in [-0.15, -0.1) is 0 Å². The molecule has 0 heterocycles. The lowest BCUT2D eigenvalue weighted by Crippen LogP contribution is -2.22. The van der Waals surface area contributed by atoms with Crippen LogP contribution in [-0.2, 0) is 24.3 Å². The maximum Gasteiger partial charge on any atom is 0.339 e. The lowest BCUT2D eigenvalue weighted by molar-refractivity contribution is -0.119. The predicted molar refractivity (Wildman–Crippen MR) is 125 cm³/mol. The van der Waals surface area contributed by atoms with E-state index in [1.165, 1.54) is 37.4 Å². The summed E-state index contributed by atoms with van der Waals surface area (Å²) in [5, 5.41) is 2.48. The number of hydrogen-bond donors (Lipinski definition) is 2. The van der Waals surface area contributed by atoms with Gasteiger partial charge in [0.15, 0.2) is 6.61 Å². The van der Waals surface area contributed by atoms with Crippen molar-refractivity contribution in [1.29, 1.82) is 0 Å². The van der Waals surface area contributed by atoms with Crippen LogP contribution >= 0.6 is 0 Å². The fourth-order valence-corrected chi connectivity index (χ4v) is 4.09. The zero-order valence-electron chi connectivity index (χ0n) is 18.4. The van der Waals surface area contributed by atoms with Crippen LogP contribution in [0.5, 0.6) is 0 Å². The SMILES string of the molecule is COC(=O)c1ccccc1NC(=O)COC(=O)c1cccc(S(=O)(=O)Nc2cccc(C)c2)c1. The highest BCUT2D eigenvalue weighted by molar-refractivity contribution is 7.92. The summed E-state index contributed by atoms with van der Waals surface area (Å²) in [6.07, 6.45) is 0. The average molecular weight is 483 g/mol. The largest absolute Gasteiger partial charge is 0.465 e. The van der Waals surface area contributed by atoms with Crippen molar-refractivity contribution in [3.8, 4) is 0 Å². The van der Waals surface area contributed by atoms with Gasteiger partial charge in [-0.05, 0) is 55.0 Å². The number of para-hydroxylation sites is 1. The van der Waals surface area contributed by atoms with E-state index in [0.717, 1.165) is 11.6 Å². The minimum Gasteiger partial charge on any atom is -0.465 e. The smallest absolute Gasteiger partial charge is 0.339 e. The summed E-state index contributed by atoms with van der Waals surface area (Å²) in [7, 11) is -2.74. The van der Waals surface area contributed by atoms with E-state index < -0.39 is 34.5 Å². The normalized spacial score (nSPS) is 10.8. The van der Waals surface area contributed by atoms with Gasteiger partial charge in [0.2, 0.25) is 0 Å². The van der Waals surface area contributed by atoms with Crippen molar-refractivity contribution < 1.29 is 32.3 Å². The van der Waals surface area contributed by atoms with Crippen molar-refractivity contribution in [2.75, 3.05) is 23.8 Å². The van der Waals surface area contributed by atoms with Crippen LogP contribution in [0.15, 0.2) is 77.7 Å². The first-order chi connectivity index (χ1) is 16.2. The summed E-state index contributed by atoms with van der Waals surface area (Å²) in [6, 6.07) is 18.3. The minimum atomic E-state index is -3.95. The van der Waals surface area contributed by atoms with Crippen LogP contribution in [0, 0.1) is 6.92 Å². The van der Waals surface area contributed by atoms with E-state index in [1.54, 1.807) is 30.3 Å². The van der Waals surface area contributed by atoms with Crippen molar-refractivity contribution in [2.24, 2.45) is 0 Å². The Labute approximate surface area is 196 Å². The van der Waals surface area contributed by atoms with Crippen molar-refractivity contribution in [3.05, 3.63) is 89.5 Å². The molecule has 0 radical (unpaired) electrons. The first-order valence-corrected chi connectivity index (χ1v) is 11.5. The number of sulfonamides is 1. The number of anilines is 2. The Balaban J connectivity index is 1.66. The predicted octanol–water partition coefficient (Wildman–Crippen LogP) is 3.38. The van der Waals surface area contributed by atoms with Crippen LogP contribution in [-0.4, -0.2) is 40.0 Å². The number of hydrogen-bond acceptors (Lipinski definition) is 7. The molecule has 0 saturated carbocycles. The highest BCUT2D eigenvalue weighted by Crippen LogP contribution is 2.19. The van der Waals surface area contributed by atoms with Gasteiger partial charge >= 0.3 is 11.9 Å². The standard InChI is InChI=1S/C24H22N2O7S/c1-16-7-5-9-18(13-16)26-34(30,31)19-10-6-8-17(14-19)23(28)33-15-22(27)25-21-12-4-3-11-20(21)24(29)32-2/h3-14,26H,15H2,1-2H3,(H,25,27). The summed E-state index contributed by atoms with van der Waals surface area (Å²) in [5.74, 6) is -2.20. The number of methoxy groups -OCH3 is 1. The molecule has 0 aliphatic heterocycles. The van der Waals surface area contributed by atoms with E-state index >= 15 is 0 Å². The number of esters is 2. The van der Waals surface area contributed by atoms with Crippen LogP contribution in [0.4, 0.5) is 11.4 Å². The van der Waals surface area contributed by atoms with Crippen molar-refractivity contribution in [2.45, 2.75) is 11.8 Å². The molecule has 0 bridgehead atoms. The Morgan fingerprint density at radius 1 is 0.882 bits per heavy atom. The topological polar surface area (TPSA) is 128 Å². The molecule has 0 saturated heterocycles. The van der Waals surface area contributed by atoms with E-state index in [1.807, 2.05) is 13.0 Å². The Hall–Kier alpha value is -4.18. The number of aryl methyl sites for hydroxylation is 1. The molecule has 0 aliphatic carbocycles. The van der Waals surface area contributed by atoms with Crippen molar-refractivity contribution in [1.82, 2.24) is 0 Å². The van der Waals surface area contributed by atoms with Gasteiger partial charge in [-0.1, -0.05) is 30.3 Å². The third-order valence-corrected chi connectivity index (χ3v) is 5.97. The number of carbonyl (C=O) groups excluding carboxylic acids is 3. The van der Waals surface area contributed by atoms with Gasteiger partial charge in [0, 0.05) is 5.69 Å². The summed E-state index contributed by atoms with van der Waals surface area (Å²) < 4.78 is 37.5. The minimum absolute atomic E-state index is 0.0464. The van der Waals surface area contributed by atoms with E-state index in [9.17, 15) is 22.8 Å². The molecule has 3 rings (SSSR count). The molecule has 0 spiro atoms. The molecular weight excluding hydrogens is 460 g/mol. The monoisotopic (exact) mass is 482 g/mol. The van der Waals surface area contributed by atoms with Gasteiger partial charge in [0.1, 0.15) is 0 Å². The third kappa shape index (κ3) is 6.20. The van der Waals surface area contributed by atoms with Gasteiger partial charge in [-0.25, -0.2) is 18.0 Å². The number of ether oxygens (including phenoxy) is 2. The van der Waals surface area contributed by atoms with Crippen LogP contribution in [0.25, 0.3) is 0 Å². The van der Waals surface area contributed by atoms with Gasteiger partial charge in [0.25, 0.3) is 15.9 Å². The number of amides is 1. The summed E-state index contributed by atoms with van der Waals surface area (Å²) >= 11 is 0. The lowest BCUT2D eigenvalue weighted by atomic mass is 10.2. The van der Waals surface area contributed by atoms with E-state index in [-0.39, 0.29) is 21.7 Å². The number of benzene rings is 3. The average Bonchev–Trinajstić information content (AvgIpc) is 2.82. The van der Waals surface area contributed by atoms with E-state index in [4.69, 9.17) is 4.74 Å². The fourth-order valence-electron chi connectivity index (χ4n) is 2.99. The zero-order valence-corrected chi connectivity index (χ0v) is 19.2. The van der Waals surface area contributed by atoms with Crippen LogP contribution < -0.4 is 10.0 Å². The van der Waals surface area contributed by atoms with Gasteiger partial charge < -0.3 is 14.8 Å². The molecule has 0 aliphatic rings. The number of carbonyl (C=O) groups is 3. The second kappa shape index (κ2) is 10.6. The fraction of sp³-hybridized carbons (Fsp3) is 0.125. The van der Waals surface area contributed by atoms with Crippen LogP contribution in [0.2, 0.25) is 0 Å². The molecule has 176 valence electrons. The Bertz CT molecular complexity index is 1340. The van der Waals surface area contributed by atoms with Crippen molar-refractivity contribution in [3.63, 3.8) is 0 Å². The molecule has 1 amide bonds. The first-order valence-electron chi connectivity index (χ1n) is 10.0. The molecular formula is C24H22N2O7S. The Morgan fingerprint density at radius 3 is 2.35 bits per heavy atom. The van der Waals surface area contributed by atoms with Gasteiger partial charge in [-0.3, -0.25) is 9.52 Å². The molecule has 0 unspecified atom stereocenters. The Kier molecular flexibility index (Phi) is 7.64. The van der Waals surface area contributed by atoms with Crippen molar-refractivity contribution >= 4 is 39.2 Å². The first kappa shape index (κ1) is 24.5. The molecule has 0 atom stereocenters. The molecule has 34 heavy (non-hydrogen) atoms. The maximum atomic E-state index is 12.7. The molecule has 3 aromatic rings. The van der Waals surface area contributed by atoms with Gasteiger partial charge in [-0.2, -0.15) is 0 Å². The van der Waals surface area contributed by atoms with Crippen LogP contribution in [0.3, 0.4) is 0 Å². The second-order valence-corrected chi connectivity index (χ2v) is 8.85. The van der Waals surface area contributed by atoms with Crippen LogP contribution in [0.1, 0.15) is 26.3 Å². The summed E-state index contributed by atoms with van der Waals surface area (Å²) in [6.45, 7) is 1.19.